The number of hydrogen-bond donors (Lipinski definition) is 3. The van der Waals surface area contributed by atoms with Gasteiger partial charge in [-0.15, -0.1) is 0 Å². The Hall–Kier alpha value is -5.47. The quantitative estimate of drug-likeness (QED) is 0.114. The van der Waals surface area contributed by atoms with Crippen molar-refractivity contribution in [1.29, 1.82) is 0 Å². The molecule has 8 rings (SSSR count). The molecule has 328 valence electrons. The van der Waals surface area contributed by atoms with Crippen LogP contribution in [0.5, 0.6) is 5.75 Å². The summed E-state index contributed by atoms with van der Waals surface area (Å²) in [7, 11) is 0. The number of alkyl halides is 3. The maximum Gasteiger partial charge on any atom is 0.419 e. The first kappa shape index (κ1) is 43.2. The van der Waals surface area contributed by atoms with Crippen LogP contribution in [-0.4, -0.2) is 83.9 Å². The molecule has 0 aliphatic carbocycles. The molecular weight excluding hydrogens is 796 g/mol. The molecule has 2 atom stereocenters. The fourth-order valence-corrected chi connectivity index (χ4v) is 9.54. The van der Waals surface area contributed by atoms with Gasteiger partial charge >= 0.3 is 6.18 Å². The molecule has 3 saturated heterocycles. The summed E-state index contributed by atoms with van der Waals surface area (Å²) in [6.07, 6.45) is 2.64. The van der Waals surface area contributed by atoms with Gasteiger partial charge in [0.05, 0.1) is 5.56 Å². The number of anilines is 3. The van der Waals surface area contributed by atoms with E-state index < -0.39 is 23.7 Å². The van der Waals surface area contributed by atoms with Gasteiger partial charge in [0.15, 0.2) is 0 Å². The van der Waals surface area contributed by atoms with Gasteiger partial charge < -0.3 is 30.5 Å². The molecule has 0 spiro atoms. The van der Waals surface area contributed by atoms with Crippen molar-refractivity contribution >= 4 is 34.9 Å². The number of likely N-dealkylation sites (tertiary alicyclic amines) is 1. The molecule has 3 aromatic carbocycles. The van der Waals surface area contributed by atoms with Crippen LogP contribution in [0.25, 0.3) is 11.1 Å². The fourth-order valence-electron chi connectivity index (χ4n) is 9.54. The van der Waals surface area contributed by atoms with Crippen LogP contribution in [0, 0.1) is 11.8 Å². The number of amides is 3. The summed E-state index contributed by atoms with van der Waals surface area (Å²) >= 11 is 0. The van der Waals surface area contributed by atoms with Crippen molar-refractivity contribution in [3.05, 3.63) is 101 Å². The van der Waals surface area contributed by atoms with Crippen LogP contribution >= 0.6 is 0 Å². The second kappa shape index (κ2) is 18.5. The Kier molecular flexibility index (Phi) is 12.9. The number of halogens is 3. The predicted octanol–water partition coefficient (Wildman–Crippen LogP) is 8.12. The number of carbonyl (C=O) groups excluding carboxylic acids is 3. The van der Waals surface area contributed by atoms with E-state index in [1.165, 1.54) is 11.6 Å². The molecule has 0 saturated carbocycles. The third-order valence-electron chi connectivity index (χ3n) is 12.9. The lowest BCUT2D eigenvalue weighted by Gasteiger charge is -2.38. The van der Waals surface area contributed by atoms with Crippen LogP contribution in [0.4, 0.5) is 30.4 Å². The maximum absolute atomic E-state index is 14.1. The molecule has 62 heavy (non-hydrogen) atoms. The van der Waals surface area contributed by atoms with E-state index in [1.807, 2.05) is 38.1 Å². The van der Waals surface area contributed by atoms with Crippen LogP contribution in [0.15, 0.2) is 79.0 Å². The number of rotatable bonds is 13. The molecule has 14 heteroatoms. The molecule has 1 unspecified atom stereocenters. The summed E-state index contributed by atoms with van der Waals surface area (Å²) in [5.74, 6) is 0.902. The number of fused-ring (bicyclic) bond motifs is 1. The fraction of sp³-hybridized carbons (Fsp3) is 0.458. The predicted molar refractivity (Wildman–Crippen MR) is 233 cm³/mol. The standard InChI is InChI=1S/C48H56F3N7O4/c1-30(2)23-37(52)29-62-43-11-5-34(25-41(43)48(49,50)51)35-13-18-53-44(26-35)54-38-6-3-32(4-7-38)33-16-19-56(20-17-33)27-31-14-21-57(22-15-31)39-8-9-40-36(24-39)28-58(47(40)61)42-10-12-45(59)55-46(42)60/h3-9,11,13,18,24-26,30-31,33,37,42H,10,12,14-17,19-23,27-29,52H2,1-2H3,(H,53,54)(H,55,59,60)/t37-,42?/m0/s1. The third-order valence-corrected chi connectivity index (χ3v) is 12.9. The highest BCUT2D eigenvalue weighted by atomic mass is 19.4. The number of piperidine rings is 3. The molecule has 3 amide bonds. The summed E-state index contributed by atoms with van der Waals surface area (Å²) in [5.41, 5.74) is 11.1. The third kappa shape index (κ3) is 10.1. The summed E-state index contributed by atoms with van der Waals surface area (Å²) in [4.78, 5) is 48.3. The number of benzene rings is 3. The summed E-state index contributed by atoms with van der Waals surface area (Å²) in [6.45, 7) is 9.53. The zero-order chi connectivity index (χ0) is 43.5. The van der Waals surface area contributed by atoms with Gasteiger partial charge in [0.25, 0.3) is 5.91 Å². The van der Waals surface area contributed by atoms with Crippen molar-refractivity contribution in [3.8, 4) is 16.9 Å². The van der Waals surface area contributed by atoms with Gasteiger partial charge in [-0.2, -0.15) is 13.2 Å². The van der Waals surface area contributed by atoms with Crippen molar-refractivity contribution in [2.24, 2.45) is 17.6 Å². The Morgan fingerprint density at radius 3 is 2.34 bits per heavy atom. The number of pyridine rings is 1. The van der Waals surface area contributed by atoms with Crippen LogP contribution in [0.1, 0.15) is 91.8 Å². The molecule has 4 aromatic rings. The first-order valence-corrected chi connectivity index (χ1v) is 22.0. The lowest BCUT2D eigenvalue weighted by molar-refractivity contribution is -0.139. The van der Waals surface area contributed by atoms with E-state index >= 15 is 0 Å². The van der Waals surface area contributed by atoms with E-state index in [0.717, 1.165) is 81.4 Å². The SMILES string of the molecule is CC(C)C[C@H](N)COc1ccc(-c2ccnc(Nc3ccc(C4CCN(CC5CCN(c6ccc7c(c6)CN(C6CCC(=O)NC6=O)C7=O)CC5)CC4)cc3)c2)cc1C(F)(F)F. The van der Waals surface area contributed by atoms with E-state index in [-0.39, 0.29) is 36.6 Å². The molecule has 5 heterocycles. The van der Waals surface area contributed by atoms with Gasteiger partial charge in [0.1, 0.15) is 24.2 Å². The second-order valence-electron chi connectivity index (χ2n) is 17.8. The van der Waals surface area contributed by atoms with Gasteiger partial charge in [0, 0.05) is 61.8 Å². The monoisotopic (exact) mass is 851 g/mol. The Bertz CT molecular complexity index is 2250. The van der Waals surface area contributed by atoms with Crippen molar-refractivity contribution in [1.82, 2.24) is 20.1 Å². The van der Waals surface area contributed by atoms with Gasteiger partial charge in [0.2, 0.25) is 11.8 Å². The molecule has 0 radical (unpaired) electrons. The lowest BCUT2D eigenvalue weighted by Crippen LogP contribution is -2.52. The lowest BCUT2D eigenvalue weighted by atomic mass is 9.88. The number of nitrogens with two attached hydrogens (primary N) is 1. The number of hydrogen-bond acceptors (Lipinski definition) is 9. The minimum atomic E-state index is -4.59. The van der Waals surface area contributed by atoms with Gasteiger partial charge in [-0.25, -0.2) is 4.98 Å². The molecule has 0 bridgehead atoms. The average Bonchev–Trinajstić information content (AvgIpc) is 3.58. The van der Waals surface area contributed by atoms with Gasteiger partial charge in [-0.3, -0.25) is 19.7 Å². The van der Waals surface area contributed by atoms with Gasteiger partial charge in [-0.1, -0.05) is 32.0 Å². The van der Waals surface area contributed by atoms with Crippen LogP contribution in [-0.2, 0) is 22.3 Å². The molecule has 4 aliphatic rings. The highest BCUT2D eigenvalue weighted by Gasteiger charge is 2.40. The molecule has 4 aliphatic heterocycles. The van der Waals surface area contributed by atoms with E-state index in [2.05, 4.69) is 43.6 Å². The Morgan fingerprint density at radius 1 is 0.887 bits per heavy atom. The topological polar surface area (TPSA) is 133 Å². The Labute approximate surface area is 361 Å². The van der Waals surface area contributed by atoms with E-state index in [1.54, 1.807) is 29.3 Å². The number of nitrogens with one attached hydrogen (secondary N) is 2. The van der Waals surface area contributed by atoms with Crippen molar-refractivity contribution in [2.45, 2.75) is 89.5 Å². The molecule has 3 fully saturated rings. The highest BCUT2D eigenvalue weighted by molar-refractivity contribution is 6.05. The summed E-state index contributed by atoms with van der Waals surface area (Å²) in [5, 5.41) is 5.69. The number of nitrogens with zero attached hydrogens (tertiary/aromatic N) is 4. The highest BCUT2D eigenvalue weighted by Crippen LogP contribution is 2.40. The Balaban J connectivity index is 0.796. The number of aromatic nitrogens is 1. The number of carbonyl (C=O) groups is 3. The van der Waals surface area contributed by atoms with Crippen LogP contribution < -0.4 is 26.0 Å². The molecule has 11 nitrogen and oxygen atoms in total. The average molecular weight is 852 g/mol. The summed E-state index contributed by atoms with van der Waals surface area (Å²) in [6, 6.07) is 21.0. The molecule has 1 aromatic heterocycles. The molecule has 4 N–H and O–H groups in total. The molecular formula is C48H56F3N7O4. The Morgan fingerprint density at radius 2 is 1.63 bits per heavy atom. The first-order valence-electron chi connectivity index (χ1n) is 22.0. The van der Waals surface area contributed by atoms with E-state index in [9.17, 15) is 27.6 Å². The van der Waals surface area contributed by atoms with Crippen LogP contribution in [0.2, 0.25) is 0 Å². The largest absolute Gasteiger partial charge is 0.491 e. The van der Waals surface area contributed by atoms with Crippen molar-refractivity contribution in [3.63, 3.8) is 0 Å². The summed E-state index contributed by atoms with van der Waals surface area (Å²) < 4.78 is 47.9. The number of imide groups is 1. The van der Waals surface area contributed by atoms with E-state index in [0.29, 0.717) is 59.6 Å². The normalized spacial score (nSPS) is 19.8. The zero-order valence-corrected chi connectivity index (χ0v) is 35.4. The smallest absolute Gasteiger partial charge is 0.419 e. The maximum atomic E-state index is 14.1. The van der Waals surface area contributed by atoms with Crippen molar-refractivity contribution in [2.75, 3.05) is 49.5 Å². The minimum Gasteiger partial charge on any atom is -0.491 e. The van der Waals surface area contributed by atoms with Crippen molar-refractivity contribution < 1.29 is 32.3 Å². The van der Waals surface area contributed by atoms with Gasteiger partial charge in [-0.05, 0) is 146 Å². The minimum absolute atomic E-state index is 0.00669. The van der Waals surface area contributed by atoms with E-state index in [4.69, 9.17) is 10.5 Å². The van der Waals surface area contributed by atoms with Crippen LogP contribution in [0.3, 0.4) is 0 Å². The first-order chi connectivity index (χ1) is 29.8. The zero-order valence-electron chi connectivity index (χ0n) is 35.4. The second-order valence-corrected chi connectivity index (χ2v) is 17.8. The number of ether oxygens (including phenoxy) is 1.